The first-order valence-electron chi connectivity index (χ1n) is 4.25. The van der Waals surface area contributed by atoms with E-state index >= 15 is 0 Å². The minimum Gasteiger partial charge on any atom is -0.493 e. The van der Waals surface area contributed by atoms with E-state index < -0.39 is 23.6 Å². The summed E-state index contributed by atoms with van der Waals surface area (Å²) in [6.45, 7) is 0. The van der Waals surface area contributed by atoms with E-state index in [1.807, 2.05) is 0 Å². The summed E-state index contributed by atoms with van der Waals surface area (Å²) in [4.78, 5) is 21.0. The Kier molecular flexibility index (Phi) is 3.57. The number of aliphatic carboxylic acids is 1. The van der Waals surface area contributed by atoms with Crippen LogP contribution in [0.15, 0.2) is 12.1 Å². The predicted molar refractivity (Wildman–Crippen MR) is 50.9 cm³/mol. The van der Waals surface area contributed by atoms with Crippen LogP contribution in [0.2, 0.25) is 0 Å². The Labute approximate surface area is 90.1 Å². The van der Waals surface area contributed by atoms with Gasteiger partial charge in [0.2, 0.25) is 0 Å². The Morgan fingerprint density at radius 3 is 2.62 bits per heavy atom. The number of aliphatic hydroxyl groups is 1. The largest absolute Gasteiger partial charge is 0.493 e. The van der Waals surface area contributed by atoms with Crippen LogP contribution in [0.25, 0.3) is 0 Å². The number of benzene rings is 1. The van der Waals surface area contributed by atoms with Crippen molar-refractivity contribution >= 4 is 12.3 Å². The summed E-state index contributed by atoms with van der Waals surface area (Å²) in [6.07, 6.45) is -1.63. The van der Waals surface area contributed by atoms with Crippen molar-refractivity contribution in [1.82, 2.24) is 0 Å². The first kappa shape index (κ1) is 12.1. The van der Waals surface area contributed by atoms with Crippen molar-refractivity contribution in [2.45, 2.75) is 6.10 Å². The van der Waals surface area contributed by atoms with E-state index in [9.17, 15) is 19.1 Å². The number of carboxylic acid groups (broad SMARTS) is 1. The number of carbonyl (C=O) groups excluding carboxylic acids is 1. The molecule has 5 nitrogen and oxygen atoms in total. The van der Waals surface area contributed by atoms with Gasteiger partial charge in [-0.3, -0.25) is 4.79 Å². The average molecular weight is 228 g/mol. The van der Waals surface area contributed by atoms with Crippen molar-refractivity contribution in [1.29, 1.82) is 0 Å². The number of rotatable bonds is 4. The van der Waals surface area contributed by atoms with Crippen LogP contribution in [0, 0.1) is 5.82 Å². The molecular weight excluding hydrogens is 219 g/mol. The third kappa shape index (κ3) is 2.01. The molecular formula is C10H9FO5. The van der Waals surface area contributed by atoms with E-state index in [0.717, 1.165) is 19.2 Å². The van der Waals surface area contributed by atoms with Crippen molar-refractivity contribution in [3.8, 4) is 5.75 Å². The van der Waals surface area contributed by atoms with E-state index in [-0.39, 0.29) is 17.4 Å². The maximum absolute atomic E-state index is 13.5. The second-order valence-corrected chi connectivity index (χ2v) is 2.95. The number of methoxy groups -OCH3 is 1. The quantitative estimate of drug-likeness (QED) is 0.743. The Bertz CT molecular complexity index is 429. The zero-order valence-corrected chi connectivity index (χ0v) is 8.31. The van der Waals surface area contributed by atoms with Gasteiger partial charge in [-0.15, -0.1) is 0 Å². The molecule has 0 heterocycles. The van der Waals surface area contributed by atoms with Crippen LogP contribution in [0.5, 0.6) is 5.75 Å². The molecule has 0 aliphatic carbocycles. The first-order chi connectivity index (χ1) is 7.52. The lowest BCUT2D eigenvalue weighted by atomic mass is 10.1. The maximum Gasteiger partial charge on any atom is 0.337 e. The van der Waals surface area contributed by atoms with Gasteiger partial charge in [0, 0.05) is 5.56 Å². The zero-order chi connectivity index (χ0) is 12.3. The first-order valence-corrected chi connectivity index (χ1v) is 4.25. The number of aliphatic hydroxyl groups excluding tert-OH is 1. The summed E-state index contributed by atoms with van der Waals surface area (Å²) in [5.74, 6) is -2.97. The third-order valence-electron chi connectivity index (χ3n) is 2.02. The molecule has 0 radical (unpaired) electrons. The fraction of sp³-hybridized carbons (Fsp3) is 0.200. The highest BCUT2D eigenvalue weighted by atomic mass is 19.1. The highest BCUT2D eigenvalue weighted by Crippen LogP contribution is 2.29. The molecule has 0 aromatic heterocycles. The summed E-state index contributed by atoms with van der Waals surface area (Å²) < 4.78 is 18.1. The average Bonchev–Trinajstić information content (AvgIpc) is 2.27. The van der Waals surface area contributed by atoms with Crippen LogP contribution < -0.4 is 4.74 Å². The lowest BCUT2D eigenvalue weighted by Gasteiger charge is -2.12. The van der Waals surface area contributed by atoms with Gasteiger partial charge in [0.1, 0.15) is 0 Å². The van der Waals surface area contributed by atoms with Crippen molar-refractivity contribution < 1.29 is 28.9 Å². The van der Waals surface area contributed by atoms with Gasteiger partial charge in [-0.25, -0.2) is 9.18 Å². The number of hydrogen-bond donors (Lipinski definition) is 2. The fourth-order valence-electron chi connectivity index (χ4n) is 1.23. The third-order valence-corrected chi connectivity index (χ3v) is 2.02. The number of carboxylic acids is 1. The molecule has 0 spiro atoms. The Hall–Kier alpha value is -1.95. The second kappa shape index (κ2) is 4.71. The number of ether oxygens (including phenoxy) is 1. The molecule has 1 aromatic rings. The molecule has 1 atom stereocenters. The van der Waals surface area contributed by atoms with Crippen molar-refractivity contribution in [2.75, 3.05) is 7.11 Å². The fourth-order valence-corrected chi connectivity index (χ4v) is 1.23. The Morgan fingerprint density at radius 2 is 2.19 bits per heavy atom. The lowest BCUT2D eigenvalue weighted by molar-refractivity contribution is -0.147. The molecule has 6 heteroatoms. The highest BCUT2D eigenvalue weighted by molar-refractivity contribution is 5.79. The SMILES string of the molecule is COc1c(C(O)C(=O)O)ccc(C=O)c1F. The van der Waals surface area contributed by atoms with E-state index in [2.05, 4.69) is 4.74 Å². The number of hydrogen-bond acceptors (Lipinski definition) is 4. The molecule has 1 unspecified atom stereocenters. The van der Waals surface area contributed by atoms with Gasteiger partial charge in [0.05, 0.1) is 12.7 Å². The Balaban J connectivity index is 3.36. The van der Waals surface area contributed by atoms with E-state index in [0.29, 0.717) is 0 Å². The molecule has 0 aliphatic rings. The summed E-state index contributed by atoms with van der Waals surface area (Å²) >= 11 is 0. The normalized spacial score (nSPS) is 11.9. The van der Waals surface area contributed by atoms with Crippen LogP contribution in [0.3, 0.4) is 0 Å². The molecule has 0 saturated carbocycles. The van der Waals surface area contributed by atoms with E-state index in [4.69, 9.17) is 5.11 Å². The van der Waals surface area contributed by atoms with Crippen molar-refractivity contribution in [2.24, 2.45) is 0 Å². The van der Waals surface area contributed by atoms with Gasteiger partial charge >= 0.3 is 5.97 Å². The van der Waals surface area contributed by atoms with Gasteiger partial charge in [-0.2, -0.15) is 0 Å². The molecule has 0 aliphatic heterocycles. The van der Waals surface area contributed by atoms with Gasteiger partial charge in [-0.1, -0.05) is 6.07 Å². The van der Waals surface area contributed by atoms with Crippen LogP contribution in [0.1, 0.15) is 22.0 Å². The van der Waals surface area contributed by atoms with Crippen LogP contribution in [0.4, 0.5) is 4.39 Å². The number of aldehydes is 1. The van der Waals surface area contributed by atoms with Crippen molar-refractivity contribution in [3.63, 3.8) is 0 Å². The summed E-state index contributed by atoms with van der Waals surface area (Å²) in [6, 6.07) is 2.21. The molecule has 1 aromatic carbocycles. The molecule has 0 fully saturated rings. The summed E-state index contributed by atoms with van der Waals surface area (Å²) in [5.41, 5.74) is -0.503. The van der Waals surface area contributed by atoms with Crippen LogP contribution in [-0.4, -0.2) is 29.6 Å². The van der Waals surface area contributed by atoms with Gasteiger partial charge < -0.3 is 14.9 Å². The smallest absolute Gasteiger partial charge is 0.337 e. The zero-order valence-electron chi connectivity index (χ0n) is 8.31. The van der Waals surface area contributed by atoms with E-state index in [1.165, 1.54) is 0 Å². The molecule has 0 saturated heterocycles. The molecule has 0 amide bonds. The van der Waals surface area contributed by atoms with Crippen LogP contribution in [-0.2, 0) is 4.79 Å². The van der Waals surface area contributed by atoms with Gasteiger partial charge in [0.15, 0.2) is 24.0 Å². The minimum absolute atomic E-state index is 0.238. The second-order valence-electron chi connectivity index (χ2n) is 2.95. The highest BCUT2D eigenvalue weighted by Gasteiger charge is 2.24. The molecule has 86 valence electrons. The summed E-state index contributed by atoms with van der Waals surface area (Å²) in [7, 11) is 1.12. The molecule has 0 bridgehead atoms. The predicted octanol–water partition coefficient (Wildman–Crippen LogP) is 0.765. The minimum atomic E-state index is -1.90. The van der Waals surface area contributed by atoms with E-state index in [1.54, 1.807) is 0 Å². The van der Waals surface area contributed by atoms with Gasteiger partial charge in [-0.05, 0) is 6.07 Å². The van der Waals surface area contributed by atoms with Crippen molar-refractivity contribution in [3.05, 3.63) is 29.1 Å². The molecule has 1 rings (SSSR count). The molecule has 2 N–H and O–H groups in total. The topological polar surface area (TPSA) is 83.8 Å². The van der Waals surface area contributed by atoms with Crippen LogP contribution >= 0.6 is 0 Å². The monoisotopic (exact) mass is 228 g/mol. The maximum atomic E-state index is 13.5. The number of carbonyl (C=O) groups is 2. The lowest BCUT2D eigenvalue weighted by Crippen LogP contribution is -2.13. The molecule has 16 heavy (non-hydrogen) atoms. The standard InChI is InChI=1S/C10H9FO5/c1-16-9-6(8(13)10(14)15)3-2-5(4-12)7(9)11/h2-4,8,13H,1H3,(H,14,15). The Morgan fingerprint density at radius 1 is 1.56 bits per heavy atom. The van der Waals surface area contributed by atoms with Gasteiger partial charge in [0.25, 0.3) is 0 Å². The summed E-state index contributed by atoms with van der Waals surface area (Å²) in [5, 5.41) is 17.8. The number of halogens is 1.